The lowest BCUT2D eigenvalue weighted by Gasteiger charge is -2.13. The number of rotatable bonds is 9. The highest BCUT2D eigenvalue weighted by Crippen LogP contribution is 2.35. The van der Waals surface area contributed by atoms with Gasteiger partial charge in [0.15, 0.2) is 0 Å². The van der Waals surface area contributed by atoms with Gasteiger partial charge in [0.25, 0.3) is 0 Å². The summed E-state index contributed by atoms with van der Waals surface area (Å²) in [7, 11) is 0. The fraction of sp³-hybridized carbons (Fsp3) is 0.280. The first kappa shape index (κ1) is 24.3. The molecule has 0 saturated carbocycles. The number of aromatic nitrogens is 2. The van der Waals surface area contributed by atoms with E-state index < -0.39 is 30.4 Å². The number of carboxylic acids is 1. The van der Waals surface area contributed by atoms with Crippen molar-refractivity contribution >= 4 is 12.2 Å². The predicted molar refractivity (Wildman–Crippen MR) is 121 cm³/mol. The maximum Gasteiger partial charge on any atom is 0.305 e. The van der Waals surface area contributed by atoms with Gasteiger partial charge in [0.1, 0.15) is 17.5 Å². The Balaban J connectivity index is 2.10. The van der Waals surface area contributed by atoms with Gasteiger partial charge in [0.2, 0.25) is 0 Å². The molecule has 0 aliphatic rings. The molecule has 3 aromatic rings. The van der Waals surface area contributed by atoms with Gasteiger partial charge >= 0.3 is 5.97 Å². The SMILES string of the molecule is CC(C)c1nc(-c2ccc(F)cc2)c(-c2ccc(F)cc2)n1C=C[C@@H](O)C[C@@H](O)CC(=O)O. The fourth-order valence-electron chi connectivity index (χ4n) is 3.53. The predicted octanol–water partition coefficient (Wildman–Crippen LogP) is 4.68. The van der Waals surface area contributed by atoms with Gasteiger partial charge in [0, 0.05) is 29.7 Å². The summed E-state index contributed by atoms with van der Waals surface area (Å²) in [4.78, 5) is 15.5. The van der Waals surface area contributed by atoms with Crippen LogP contribution in [0.2, 0.25) is 0 Å². The lowest BCUT2D eigenvalue weighted by molar-refractivity contribution is -0.139. The number of nitrogens with zero attached hydrogens (tertiary/aromatic N) is 2. The first-order valence-electron chi connectivity index (χ1n) is 10.6. The summed E-state index contributed by atoms with van der Waals surface area (Å²) in [5, 5.41) is 28.9. The van der Waals surface area contributed by atoms with Crippen molar-refractivity contribution < 1.29 is 28.9 Å². The Hall–Kier alpha value is -3.36. The van der Waals surface area contributed by atoms with Crippen molar-refractivity contribution in [1.29, 1.82) is 0 Å². The van der Waals surface area contributed by atoms with Crippen LogP contribution in [0.15, 0.2) is 54.6 Å². The van der Waals surface area contributed by atoms with Crippen LogP contribution in [0.5, 0.6) is 0 Å². The average molecular weight is 456 g/mol. The Morgan fingerprint density at radius 2 is 1.55 bits per heavy atom. The molecule has 2 atom stereocenters. The van der Waals surface area contributed by atoms with Gasteiger partial charge in [-0.25, -0.2) is 13.8 Å². The van der Waals surface area contributed by atoms with E-state index in [1.165, 1.54) is 30.3 Å². The van der Waals surface area contributed by atoms with Crippen LogP contribution in [0.3, 0.4) is 0 Å². The van der Waals surface area contributed by atoms with Crippen molar-refractivity contribution in [3.8, 4) is 22.5 Å². The molecule has 1 aromatic heterocycles. The molecule has 0 fully saturated rings. The Kier molecular flexibility index (Phi) is 7.73. The molecule has 0 unspecified atom stereocenters. The molecular formula is C25H26F2N2O4. The zero-order valence-corrected chi connectivity index (χ0v) is 18.3. The summed E-state index contributed by atoms with van der Waals surface area (Å²) in [5.74, 6) is -1.30. The van der Waals surface area contributed by atoms with E-state index in [4.69, 9.17) is 10.1 Å². The third kappa shape index (κ3) is 6.12. The number of aliphatic carboxylic acids is 1. The Labute approximate surface area is 190 Å². The quantitative estimate of drug-likeness (QED) is 0.435. The van der Waals surface area contributed by atoms with Crippen LogP contribution in [0, 0.1) is 11.6 Å². The molecule has 0 saturated heterocycles. The zero-order chi connectivity index (χ0) is 24.1. The van der Waals surface area contributed by atoms with Gasteiger partial charge in [-0.2, -0.15) is 0 Å². The van der Waals surface area contributed by atoms with Gasteiger partial charge < -0.3 is 19.9 Å². The molecule has 1 heterocycles. The lowest BCUT2D eigenvalue weighted by Crippen LogP contribution is -2.19. The van der Waals surface area contributed by atoms with Gasteiger partial charge in [0.05, 0.1) is 30.0 Å². The molecule has 0 aliphatic heterocycles. The van der Waals surface area contributed by atoms with Crippen LogP contribution < -0.4 is 0 Å². The third-order valence-corrected chi connectivity index (χ3v) is 5.07. The minimum atomic E-state index is -1.19. The van der Waals surface area contributed by atoms with Gasteiger partial charge in [-0.05, 0) is 54.6 Å². The fourth-order valence-corrected chi connectivity index (χ4v) is 3.53. The van der Waals surface area contributed by atoms with Crippen LogP contribution in [0.4, 0.5) is 8.78 Å². The average Bonchev–Trinajstić information content (AvgIpc) is 3.12. The highest BCUT2D eigenvalue weighted by Gasteiger charge is 2.21. The number of carboxylic acid groups (broad SMARTS) is 1. The molecule has 33 heavy (non-hydrogen) atoms. The first-order valence-corrected chi connectivity index (χ1v) is 10.6. The van der Waals surface area contributed by atoms with Crippen LogP contribution in [-0.4, -0.2) is 43.0 Å². The molecule has 174 valence electrons. The lowest BCUT2D eigenvalue weighted by atomic mass is 10.0. The Morgan fingerprint density at radius 3 is 2.06 bits per heavy atom. The van der Waals surface area contributed by atoms with E-state index in [1.54, 1.807) is 35.0 Å². The zero-order valence-electron chi connectivity index (χ0n) is 18.3. The molecule has 0 radical (unpaired) electrons. The van der Waals surface area contributed by atoms with Crippen molar-refractivity contribution in [2.24, 2.45) is 0 Å². The van der Waals surface area contributed by atoms with E-state index in [0.29, 0.717) is 28.3 Å². The minimum Gasteiger partial charge on any atom is -0.481 e. The smallest absolute Gasteiger partial charge is 0.305 e. The Bertz CT molecular complexity index is 1120. The molecule has 8 heteroatoms. The van der Waals surface area contributed by atoms with Gasteiger partial charge in [-0.15, -0.1) is 0 Å². The topological polar surface area (TPSA) is 95.6 Å². The number of aliphatic hydroxyl groups excluding tert-OH is 2. The second-order valence-electron chi connectivity index (χ2n) is 8.10. The summed E-state index contributed by atoms with van der Waals surface area (Å²) in [6.07, 6.45) is 0.137. The van der Waals surface area contributed by atoms with Crippen LogP contribution in [0.1, 0.15) is 38.4 Å². The van der Waals surface area contributed by atoms with E-state index in [0.717, 1.165) is 0 Å². The number of carbonyl (C=O) groups is 1. The molecule has 3 rings (SSSR count). The van der Waals surface area contributed by atoms with Crippen LogP contribution >= 0.6 is 0 Å². The maximum atomic E-state index is 13.6. The van der Waals surface area contributed by atoms with Crippen molar-refractivity contribution in [2.45, 2.75) is 44.8 Å². The monoisotopic (exact) mass is 456 g/mol. The van der Waals surface area contributed by atoms with Crippen molar-refractivity contribution in [1.82, 2.24) is 9.55 Å². The molecule has 3 N–H and O–H groups in total. The molecular weight excluding hydrogens is 430 g/mol. The Morgan fingerprint density at radius 1 is 1.00 bits per heavy atom. The molecule has 0 aliphatic carbocycles. The van der Waals surface area contributed by atoms with E-state index in [9.17, 15) is 23.8 Å². The summed E-state index contributed by atoms with van der Waals surface area (Å²) in [6.45, 7) is 3.89. The van der Waals surface area contributed by atoms with Gasteiger partial charge in [-0.1, -0.05) is 13.8 Å². The number of aliphatic hydroxyl groups is 2. The normalized spacial score (nSPS) is 13.5. The maximum absolute atomic E-state index is 13.6. The third-order valence-electron chi connectivity index (χ3n) is 5.07. The van der Waals surface area contributed by atoms with E-state index in [2.05, 4.69) is 0 Å². The molecule has 0 bridgehead atoms. The van der Waals surface area contributed by atoms with Gasteiger partial charge in [-0.3, -0.25) is 4.79 Å². The van der Waals surface area contributed by atoms with E-state index >= 15 is 0 Å². The van der Waals surface area contributed by atoms with Crippen LogP contribution in [-0.2, 0) is 4.79 Å². The molecule has 6 nitrogen and oxygen atoms in total. The summed E-state index contributed by atoms with van der Waals surface area (Å²) < 4.78 is 28.9. The number of benzene rings is 2. The van der Waals surface area contributed by atoms with Crippen LogP contribution in [0.25, 0.3) is 28.7 Å². The summed E-state index contributed by atoms with van der Waals surface area (Å²) in [6, 6.07) is 11.8. The molecule has 0 amide bonds. The number of hydrogen-bond acceptors (Lipinski definition) is 4. The van der Waals surface area contributed by atoms with Crippen molar-refractivity contribution in [3.63, 3.8) is 0 Å². The highest BCUT2D eigenvalue weighted by molar-refractivity contribution is 5.80. The molecule has 0 spiro atoms. The second kappa shape index (κ2) is 10.5. The summed E-state index contributed by atoms with van der Waals surface area (Å²) >= 11 is 0. The molecule has 2 aromatic carbocycles. The first-order chi connectivity index (χ1) is 15.7. The number of halogens is 2. The van der Waals surface area contributed by atoms with Crippen molar-refractivity contribution in [3.05, 3.63) is 72.1 Å². The minimum absolute atomic E-state index is 0.0298. The standard InChI is InChI=1S/C25H26F2N2O4/c1-15(2)25-28-23(16-3-7-18(26)8-4-16)24(17-5-9-19(27)10-6-17)29(25)12-11-20(30)13-21(31)14-22(32)33/h3-12,15,20-21,30-31H,13-14H2,1-2H3,(H,32,33)/t20-,21-/m1/s1. The number of imidazole rings is 1. The van der Waals surface area contributed by atoms with Crippen molar-refractivity contribution in [2.75, 3.05) is 0 Å². The second-order valence-corrected chi connectivity index (χ2v) is 8.10. The van der Waals surface area contributed by atoms with E-state index in [1.807, 2.05) is 13.8 Å². The summed E-state index contributed by atoms with van der Waals surface area (Å²) in [5.41, 5.74) is 2.53. The number of hydrogen-bond donors (Lipinski definition) is 3. The highest BCUT2D eigenvalue weighted by atomic mass is 19.1. The van der Waals surface area contributed by atoms with E-state index in [-0.39, 0.29) is 18.2 Å². The largest absolute Gasteiger partial charge is 0.481 e.